The van der Waals surface area contributed by atoms with Gasteiger partial charge in [-0.1, -0.05) is 24.3 Å². The van der Waals surface area contributed by atoms with Crippen molar-refractivity contribution < 1.29 is 41.0 Å². The Morgan fingerprint density at radius 1 is 0.879 bits per heavy atom. The van der Waals surface area contributed by atoms with E-state index in [1.165, 1.54) is 42.5 Å². The van der Waals surface area contributed by atoms with Gasteiger partial charge in [-0.15, -0.1) is 0 Å². The van der Waals surface area contributed by atoms with Crippen LogP contribution in [0, 0.1) is 0 Å². The number of sulfonamides is 1. The van der Waals surface area contributed by atoms with E-state index in [9.17, 15) is 26.4 Å². The number of nitrogens with one attached hydrogen (secondary N) is 1. The highest BCUT2D eigenvalue weighted by molar-refractivity contribution is 7.92. The summed E-state index contributed by atoms with van der Waals surface area (Å²) in [7, 11) is -4.48. The molecule has 2 N–H and O–H groups in total. The van der Waals surface area contributed by atoms with Crippen molar-refractivity contribution in [3.8, 4) is 11.5 Å². The fourth-order valence-corrected chi connectivity index (χ4v) is 4.13. The number of hydrogen-bond donors (Lipinski definition) is 2. The highest BCUT2D eigenvalue weighted by Gasteiger charge is 2.36. The molecule has 0 saturated carbocycles. The largest absolute Gasteiger partial charge is 0.490 e. The minimum Gasteiger partial charge on any atom is -0.490 e. The Balaban J connectivity index is 1.60. The Bertz CT molecular complexity index is 1230. The van der Waals surface area contributed by atoms with Crippen molar-refractivity contribution in [1.29, 1.82) is 0 Å². The molecule has 0 spiro atoms. The second-order valence-electron chi connectivity index (χ2n) is 6.62. The summed E-state index contributed by atoms with van der Waals surface area (Å²) in [5.74, 6) is -0.580. The zero-order valence-electron chi connectivity index (χ0n) is 16.9. The monoisotopic (exact) mass is 481 g/mol. The maximum absolute atomic E-state index is 13.1. The quantitative estimate of drug-likeness (QED) is 0.431. The molecule has 174 valence electrons. The molecule has 0 aromatic heterocycles. The van der Waals surface area contributed by atoms with Crippen LogP contribution in [0.15, 0.2) is 77.7 Å². The maximum atomic E-state index is 13.1. The van der Waals surface area contributed by atoms with E-state index in [0.29, 0.717) is 11.8 Å². The second kappa shape index (κ2) is 9.82. The third-order valence-electron chi connectivity index (χ3n) is 4.32. The lowest BCUT2D eigenvalue weighted by Gasteiger charge is -2.14. The minimum atomic E-state index is -4.82. The molecule has 0 aliphatic heterocycles. The average molecular weight is 481 g/mol. The van der Waals surface area contributed by atoms with E-state index in [0.717, 1.165) is 12.1 Å². The van der Waals surface area contributed by atoms with Crippen LogP contribution in [0.4, 0.5) is 18.9 Å². The van der Waals surface area contributed by atoms with Crippen LogP contribution in [-0.2, 0) is 16.2 Å². The van der Waals surface area contributed by atoms with Gasteiger partial charge in [-0.05, 0) is 48.5 Å². The van der Waals surface area contributed by atoms with Crippen LogP contribution in [0.2, 0.25) is 0 Å². The number of carboxylic acid groups (broad SMARTS) is 1. The Morgan fingerprint density at radius 3 is 2.15 bits per heavy atom. The lowest BCUT2D eigenvalue weighted by atomic mass is 10.2. The normalized spacial score (nSPS) is 11.6. The molecule has 0 heterocycles. The molecular formula is C22H18F3NO6S. The highest BCUT2D eigenvalue weighted by Crippen LogP contribution is 2.34. The van der Waals surface area contributed by atoms with E-state index in [-0.39, 0.29) is 30.2 Å². The van der Waals surface area contributed by atoms with Crippen molar-refractivity contribution in [2.45, 2.75) is 11.1 Å². The first-order chi connectivity index (χ1) is 15.6. The third-order valence-corrected chi connectivity index (χ3v) is 5.76. The average Bonchev–Trinajstić information content (AvgIpc) is 2.77. The Morgan fingerprint density at radius 2 is 1.48 bits per heavy atom. The van der Waals surface area contributed by atoms with Gasteiger partial charge in [-0.3, -0.25) is 4.72 Å². The molecule has 0 atom stereocenters. The first-order valence-corrected chi connectivity index (χ1v) is 10.9. The molecular weight excluding hydrogens is 463 g/mol. The summed E-state index contributed by atoms with van der Waals surface area (Å²) in [6, 6.07) is 15.6. The second-order valence-corrected chi connectivity index (χ2v) is 8.27. The molecule has 3 aromatic carbocycles. The smallest absolute Gasteiger partial charge is 0.417 e. The molecule has 7 nitrogen and oxygen atoms in total. The maximum Gasteiger partial charge on any atom is 0.417 e. The molecule has 3 aromatic rings. The number of halogens is 3. The molecule has 0 fully saturated rings. The molecule has 0 bridgehead atoms. The number of carbonyl (C=O) groups is 1. The van der Waals surface area contributed by atoms with Gasteiger partial charge in [0.05, 0.1) is 10.5 Å². The summed E-state index contributed by atoms with van der Waals surface area (Å²) in [6.07, 6.45) is -4.82. The van der Waals surface area contributed by atoms with E-state index < -0.39 is 32.6 Å². The highest BCUT2D eigenvalue weighted by atomic mass is 32.2. The van der Waals surface area contributed by atoms with Gasteiger partial charge in [0.15, 0.2) is 0 Å². The van der Waals surface area contributed by atoms with Crippen molar-refractivity contribution in [3.63, 3.8) is 0 Å². The number of alkyl halides is 3. The van der Waals surface area contributed by atoms with Gasteiger partial charge in [0.1, 0.15) is 30.3 Å². The zero-order chi connectivity index (χ0) is 24.1. The number of benzene rings is 3. The zero-order valence-corrected chi connectivity index (χ0v) is 17.7. The first-order valence-electron chi connectivity index (χ1n) is 9.45. The first kappa shape index (κ1) is 23.9. The summed E-state index contributed by atoms with van der Waals surface area (Å²) in [6.45, 7) is 0.116. The summed E-state index contributed by atoms with van der Waals surface area (Å²) in [5.41, 5.74) is -1.20. The van der Waals surface area contributed by atoms with Gasteiger partial charge in [-0.25, -0.2) is 13.2 Å². The number of anilines is 1. The van der Waals surface area contributed by atoms with Crippen LogP contribution >= 0.6 is 0 Å². The van der Waals surface area contributed by atoms with Gasteiger partial charge in [0, 0.05) is 5.69 Å². The standard InChI is InChI=1S/C22H18F3NO6S/c23-22(24,25)18-6-2-4-8-20(18)33(29,30)26-15-9-11-16(12-10-15)31-13-14-32-19-7-3-1-5-17(19)21(27)28/h1-12,26H,13-14H2,(H,27,28). The lowest BCUT2D eigenvalue weighted by molar-refractivity contribution is -0.139. The number of rotatable bonds is 9. The van der Waals surface area contributed by atoms with E-state index in [1.807, 2.05) is 0 Å². The number of carboxylic acids is 1. The summed E-state index contributed by atoms with van der Waals surface area (Å²) >= 11 is 0. The SMILES string of the molecule is O=C(O)c1ccccc1OCCOc1ccc(NS(=O)(=O)c2ccccc2C(F)(F)F)cc1. The van der Waals surface area contributed by atoms with Crippen molar-refractivity contribution in [3.05, 3.63) is 83.9 Å². The van der Waals surface area contributed by atoms with Gasteiger partial charge >= 0.3 is 12.1 Å². The third kappa shape index (κ3) is 6.16. The molecule has 0 saturated heterocycles. The Hall–Kier alpha value is -3.73. The molecule has 11 heteroatoms. The van der Waals surface area contributed by atoms with Crippen LogP contribution < -0.4 is 14.2 Å². The van der Waals surface area contributed by atoms with Crippen molar-refractivity contribution in [1.82, 2.24) is 0 Å². The van der Waals surface area contributed by atoms with E-state index in [1.54, 1.807) is 12.1 Å². The van der Waals surface area contributed by atoms with Crippen LogP contribution in [-0.4, -0.2) is 32.7 Å². The molecule has 0 aliphatic rings. The predicted molar refractivity (Wildman–Crippen MR) is 113 cm³/mol. The fraction of sp³-hybridized carbons (Fsp3) is 0.136. The van der Waals surface area contributed by atoms with Crippen LogP contribution in [0.1, 0.15) is 15.9 Å². The van der Waals surface area contributed by atoms with Gasteiger partial charge in [0.25, 0.3) is 10.0 Å². The van der Waals surface area contributed by atoms with Gasteiger partial charge in [0.2, 0.25) is 0 Å². The van der Waals surface area contributed by atoms with Crippen LogP contribution in [0.3, 0.4) is 0 Å². The Kier molecular flexibility index (Phi) is 7.12. The fourth-order valence-electron chi connectivity index (χ4n) is 2.84. The summed E-state index contributed by atoms with van der Waals surface area (Å²) < 4.78 is 77.4. The summed E-state index contributed by atoms with van der Waals surface area (Å²) in [5, 5.41) is 9.12. The van der Waals surface area contributed by atoms with Gasteiger partial charge < -0.3 is 14.6 Å². The molecule has 0 amide bonds. The molecule has 0 aliphatic carbocycles. The van der Waals surface area contributed by atoms with Crippen molar-refractivity contribution in [2.24, 2.45) is 0 Å². The number of aromatic carboxylic acids is 1. The van der Waals surface area contributed by atoms with Crippen molar-refractivity contribution in [2.75, 3.05) is 17.9 Å². The number of hydrogen-bond acceptors (Lipinski definition) is 5. The minimum absolute atomic E-state index is 0.0150. The van der Waals surface area contributed by atoms with Gasteiger partial charge in [-0.2, -0.15) is 13.2 Å². The van der Waals surface area contributed by atoms with Crippen LogP contribution in [0.5, 0.6) is 11.5 Å². The van der Waals surface area contributed by atoms with Crippen molar-refractivity contribution >= 4 is 21.7 Å². The number of ether oxygens (including phenoxy) is 2. The van der Waals surface area contributed by atoms with E-state index in [2.05, 4.69) is 4.72 Å². The topological polar surface area (TPSA) is 102 Å². The Labute approximate surface area is 187 Å². The molecule has 3 rings (SSSR count). The van der Waals surface area contributed by atoms with Crippen LogP contribution in [0.25, 0.3) is 0 Å². The van der Waals surface area contributed by atoms with E-state index in [4.69, 9.17) is 14.6 Å². The lowest BCUT2D eigenvalue weighted by Crippen LogP contribution is -2.18. The molecule has 0 radical (unpaired) electrons. The van der Waals surface area contributed by atoms with E-state index >= 15 is 0 Å². The molecule has 33 heavy (non-hydrogen) atoms. The summed E-state index contributed by atoms with van der Waals surface area (Å²) in [4.78, 5) is 10.3. The predicted octanol–water partition coefficient (Wildman–Crippen LogP) is 4.66. The molecule has 0 unspecified atom stereocenters. The number of para-hydroxylation sites is 1.